The molecule has 162 valence electrons. The van der Waals surface area contributed by atoms with Gasteiger partial charge in [0.1, 0.15) is 11.0 Å². The maximum atomic E-state index is 13.5. The van der Waals surface area contributed by atoms with Gasteiger partial charge < -0.3 is 9.72 Å². The fraction of sp³-hybridized carbons (Fsp3) is 0.208. The Hall–Kier alpha value is -3.10. The molecule has 3 heterocycles. The first-order chi connectivity index (χ1) is 15.6. The number of aromatic amines is 1. The molecule has 0 radical (unpaired) electrons. The SMILES string of the molecule is CCOc1ccc(N2C(=O)[C@H]3[C@@H](Sc4[nH]c(=O)sc4[C@@H]3/C=C/c3ccccc3)C2=O)cc1. The molecule has 3 atom stereocenters. The van der Waals surface area contributed by atoms with Crippen molar-refractivity contribution >= 4 is 46.7 Å². The van der Waals surface area contributed by atoms with Gasteiger partial charge in [-0.15, -0.1) is 0 Å². The Morgan fingerprint density at radius 1 is 1.03 bits per heavy atom. The van der Waals surface area contributed by atoms with Crippen molar-refractivity contribution in [1.29, 1.82) is 0 Å². The summed E-state index contributed by atoms with van der Waals surface area (Å²) in [5.74, 6) is -0.746. The molecule has 2 aliphatic heterocycles. The number of benzene rings is 2. The standard InChI is InChI=1S/C24H20N2O4S2/c1-2-30-16-11-9-15(10-12-16)26-22(27)18-17(13-8-14-6-4-3-5-7-14)19-21(25-24(29)32-19)31-20(18)23(26)28/h3-13,17-18,20H,2H2,1H3,(H,25,29)/b13-8+/t17-,18-,20-/m1/s1. The third kappa shape index (κ3) is 3.59. The van der Waals surface area contributed by atoms with Gasteiger partial charge >= 0.3 is 4.87 Å². The van der Waals surface area contributed by atoms with E-state index in [2.05, 4.69) is 4.98 Å². The molecule has 5 rings (SSSR count). The largest absolute Gasteiger partial charge is 0.494 e. The molecule has 1 aromatic heterocycles. The van der Waals surface area contributed by atoms with E-state index in [4.69, 9.17) is 4.74 Å². The minimum absolute atomic E-state index is 0.177. The molecular weight excluding hydrogens is 444 g/mol. The predicted octanol–water partition coefficient (Wildman–Crippen LogP) is 4.30. The number of carbonyl (C=O) groups excluding carboxylic acids is 2. The molecule has 1 saturated heterocycles. The highest BCUT2D eigenvalue weighted by atomic mass is 32.2. The predicted molar refractivity (Wildman–Crippen MR) is 126 cm³/mol. The number of allylic oxidation sites excluding steroid dienone is 1. The number of rotatable bonds is 5. The Bertz CT molecular complexity index is 1250. The zero-order valence-electron chi connectivity index (χ0n) is 17.2. The van der Waals surface area contributed by atoms with Gasteiger partial charge in [0.2, 0.25) is 11.8 Å². The van der Waals surface area contributed by atoms with Gasteiger partial charge in [-0.05, 0) is 36.8 Å². The molecule has 32 heavy (non-hydrogen) atoms. The van der Waals surface area contributed by atoms with E-state index in [1.165, 1.54) is 16.7 Å². The van der Waals surface area contributed by atoms with E-state index in [9.17, 15) is 14.4 Å². The highest BCUT2D eigenvalue weighted by molar-refractivity contribution is 8.00. The maximum absolute atomic E-state index is 13.5. The smallest absolute Gasteiger partial charge is 0.305 e. The van der Waals surface area contributed by atoms with Crippen LogP contribution in [0.25, 0.3) is 6.08 Å². The van der Waals surface area contributed by atoms with Crippen molar-refractivity contribution in [2.24, 2.45) is 5.92 Å². The van der Waals surface area contributed by atoms with Gasteiger partial charge in [-0.25, -0.2) is 4.90 Å². The Balaban J connectivity index is 1.52. The van der Waals surface area contributed by atoms with Crippen LogP contribution in [0.4, 0.5) is 5.69 Å². The van der Waals surface area contributed by atoms with Crippen molar-refractivity contribution in [3.05, 3.63) is 80.8 Å². The number of amides is 2. The van der Waals surface area contributed by atoms with E-state index in [1.54, 1.807) is 24.3 Å². The van der Waals surface area contributed by atoms with Crippen LogP contribution in [0.15, 0.2) is 70.5 Å². The van der Waals surface area contributed by atoms with Gasteiger partial charge in [0.05, 0.1) is 23.2 Å². The average Bonchev–Trinajstić information content (AvgIpc) is 3.29. The van der Waals surface area contributed by atoms with Crippen LogP contribution in [-0.2, 0) is 9.59 Å². The zero-order chi connectivity index (χ0) is 22.2. The summed E-state index contributed by atoms with van der Waals surface area (Å²) in [5.41, 5.74) is 1.52. The molecule has 1 N–H and O–H groups in total. The molecule has 8 heteroatoms. The number of imide groups is 1. The second-order valence-corrected chi connectivity index (χ2v) is 9.67. The van der Waals surface area contributed by atoms with Crippen molar-refractivity contribution in [2.75, 3.05) is 11.5 Å². The Kier molecular flexibility index (Phi) is 5.48. The number of nitrogens with one attached hydrogen (secondary N) is 1. The summed E-state index contributed by atoms with van der Waals surface area (Å²) in [6, 6.07) is 16.7. The molecule has 0 spiro atoms. The number of carbonyl (C=O) groups is 2. The van der Waals surface area contributed by atoms with Crippen molar-refractivity contribution in [3.8, 4) is 5.75 Å². The van der Waals surface area contributed by atoms with Crippen molar-refractivity contribution < 1.29 is 14.3 Å². The molecule has 0 aliphatic carbocycles. The second kappa shape index (κ2) is 8.44. The van der Waals surface area contributed by atoms with Crippen LogP contribution in [0.2, 0.25) is 0 Å². The fourth-order valence-corrected chi connectivity index (χ4v) is 6.64. The van der Waals surface area contributed by atoms with Crippen LogP contribution in [0.1, 0.15) is 23.3 Å². The lowest BCUT2D eigenvalue weighted by atomic mass is 9.88. The zero-order valence-corrected chi connectivity index (χ0v) is 18.8. The summed E-state index contributed by atoms with van der Waals surface area (Å²) in [4.78, 5) is 43.7. The van der Waals surface area contributed by atoms with Gasteiger partial charge in [-0.2, -0.15) is 0 Å². The summed E-state index contributed by atoms with van der Waals surface area (Å²) in [6.45, 7) is 2.44. The summed E-state index contributed by atoms with van der Waals surface area (Å²) in [6.07, 6.45) is 3.89. The highest BCUT2D eigenvalue weighted by Crippen LogP contribution is 2.51. The topological polar surface area (TPSA) is 79.5 Å². The monoisotopic (exact) mass is 464 g/mol. The number of anilines is 1. The first-order valence-electron chi connectivity index (χ1n) is 10.3. The minimum atomic E-state index is -0.586. The second-order valence-electron chi connectivity index (χ2n) is 7.51. The normalized spacial score (nSPS) is 22.3. The molecule has 0 unspecified atom stereocenters. The van der Waals surface area contributed by atoms with Gasteiger partial charge in [0.25, 0.3) is 0 Å². The Labute approximate surface area is 192 Å². The van der Waals surface area contributed by atoms with Gasteiger partial charge in [-0.3, -0.25) is 14.4 Å². The molecule has 2 amide bonds. The quantitative estimate of drug-likeness (QED) is 0.570. The number of H-pyrrole nitrogens is 1. The highest BCUT2D eigenvalue weighted by Gasteiger charge is 2.55. The van der Waals surface area contributed by atoms with Crippen molar-refractivity contribution in [2.45, 2.75) is 23.1 Å². The van der Waals surface area contributed by atoms with E-state index in [1.807, 2.05) is 49.4 Å². The summed E-state index contributed by atoms with van der Waals surface area (Å²) in [5, 5.41) is 0.0934. The third-order valence-corrected chi connectivity index (χ3v) is 7.99. The molecule has 2 aliphatic rings. The van der Waals surface area contributed by atoms with Crippen LogP contribution in [0.3, 0.4) is 0 Å². The Morgan fingerprint density at radius 3 is 2.50 bits per heavy atom. The lowest BCUT2D eigenvalue weighted by Crippen LogP contribution is -2.31. The molecule has 2 aromatic carbocycles. The fourth-order valence-electron chi connectivity index (χ4n) is 4.16. The van der Waals surface area contributed by atoms with Crippen LogP contribution in [0.5, 0.6) is 5.75 Å². The van der Waals surface area contributed by atoms with Crippen molar-refractivity contribution in [3.63, 3.8) is 0 Å². The first kappa shape index (κ1) is 20.8. The molecule has 0 bridgehead atoms. The van der Waals surface area contributed by atoms with E-state index >= 15 is 0 Å². The summed E-state index contributed by atoms with van der Waals surface area (Å²) in [7, 11) is 0. The maximum Gasteiger partial charge on any atom is 0.305 e. The number of hydrogen-bond acceptors (Lipinski definition) is 6. The number of thiazole rings is 1. The number of nitrogens with zero attached hydrogens (tertiary/aromatic N) is 1. The third-order valence-electron chi connectivity index (χ3n) is 5.57. The van der Waals surface area contributed by atoms with Gasteiger partial charge in [0.15, 0.2) is 0 Å². The van der Waals surface area contributed by atoms with Crippen LogP contribution < -0.4 is 14.5 Å². The van der Waals surface area contributed by atoms with Crippen molar-refractivity contribution in [1.82, 2.24) is 4.98 Å². The van der Waals surface area contributed by atoms with E-state index in [0.717, 1.165) is 21.8 Å². The first-order valence-corrected chi connectivity index (χ1v) is 12.0. The van der Waals surface area contributed by atoms with Gasteiger partial charge in [0, 0.05) is 10.8 Å². The lowest BCUT2D eigenvalue weighted by molar-refractivity contribution is -0.122. The average molecular weight is 465 g/mol. The summed E-state index contributed by atoms with van der Waals surface area (Å²) >= 11 is 2.39. The number of hydrogen-bond donors (Lipinski definition) is 1. The molecule has 1 fully saturated rings. The Morgan fingerprint density at radius 2 is 1.78 bits per heavy atom. The van der Waals surface area contributed by atoms with Crippen LogP contribution in [-0.4, -0.2) is 28.7 Å². The minimum Gasteiger partial charge on any atom is -0.494 e. The molecule has 6 nitrogen and oxygen atoms in total. The number of fused-ring (bicyclic) bond motifs is 2. The van der Waals surface area contributed by atoms with Crippen LogP contribution >= 0.6 is 23.1 Å². The van der Waals surface area contributed by atoms with E-state index in [0.29, 0.717) is 23.1 Å². The molecule has 0 saturated carbocycles. The number of aromatic nitrogens is 1. The van der Waals surface area contributed by atoms with E-state index < -0.39 is 11.2 Å². The van der Waals surface area contributed by atoms with Gasteiger partial charge in [-0.1, -0.05) is 65.6 Å². The lowest BCUT2D eigenvalue weighted by Gasteiger charge is -2.27. The van der Waals surface area contributed by atoms with E-state index in [-0.39, 0.29) is 22.6 Å². The number of ether oxygens (including phenoxy) is 1. The summed E-state index contributed by atoms with van der Waals surface area (Å²) < 4.78 is 5.47. The molecule has 3 aromatic rings. The number of thioether (sulfide) groups is 1. The van der Waals surface area contributed by atoms with Crippen LogP contribution in [0, 0.1) is 5.92 Å². The molecular formula is C24H20N2O4S2.